The first-order valence-corrected chi connectivity index (χ1v) is 4.81. The van der Waals surface area contributed by atoms with Gasteiger partial charge in [-0.3, -0.25) is 4.90 Å². The molecule has 0 saturated carbocycles. The van der Waals surface area contributed by atoms with Crippen molar-refractivity contribution in [1.29, 1.82) is 0 Å². The molecule has 0 amide bonds. The molecule has 2 aliphatic rings. The average molecular weight is 194 g/mol. The summed E-state index contributed by atoms with van der Waals surface area (Å²) in [6, 6.07) is 0.0985. The highest BCUT2D eigenvalue weighted by Gasteiger charge is 2.28. The Balaban J connectivity index is 2.10. The topological polar surface area (TPSA) is 32.8 Å². The number of nitrogens with zero attached hydrogens (tertiary/aromatic N) is 2. The lowest BCUT2D eigenvalue weighted by atomic mass is 10.2. The summed E-state index contributed by atoms with van der Waals surface area (Å²) in [6.45, 7) is 3.27. The largest absolute Gasteiger partial charge is 0.379 e. The smallest absolute Gasteiger partial charge is 0.148 e. The summed E-state index contributed by atoms with van der Waals surface area (Å²) in [5.41, 5.74) is 0.701. The van der Waals surface area contributed by atoms with Crippen molar-refractivity contribution in [3.63, 3.8) is 0 Å². The second-order valence-corrected chi connectivity index (χ2v) is 3.53. The van der Waals surface area contributed by atoms with E-state index in [1.807, 2.05) is 30.2 Å². The van der Waals surface area contributed by atoms with Crippen molar-refractivity contribution in [2.45, 2.75) is 6.04 Å². The van der Waals surface area contributed by atoms with Gasteiger partial charge in [-0.05, 0) is 6.08 Å². The molecule has 0 bridgehead atoms. The normalized spacial score (nSPS) is 28.2. The van der Waals surface area contributed by atoms with E-state index in [2.05, 4.69) is 4.90 Å². The number of likely N-dealkylation sites (N-methyl/N-ethyl adjacent to an activating group) is 1. The lowest BCUT2D eigenvalue weighted by molar-refractivity contribution is 0.0305. The molecule has 4 nitrogen and oxygen atoms in total. The van der Waals surface area contributed by atoms with Crippen LogP contribution in [0.3, 0.4) is 0 Å². The predicted molar refractivity (Wildman–Crippen MR) is 52.3 cm³/mol. The second kappa shape index (κ2) is 3.96. The fourth-order valence-corrected chi connectivity index (χ4v) is 1.87. The summed E-state index contributed by atoms with van der Waals surface area (Å²) in [5, 5.41) is 0. The van der Waals surface area contributed by atoms with E-state index in [-0.39, 0.29) is 6.04 Å². The number of ether oxygens (including phenoxy) is 1. The van der Waals surface area contributed by atoms with Crippen molar-refractivity contribution in [2.24, 2.45) is 0 Å². The molecule has 1 saturated heterocycles. The van der Waals surface area contributed by atoms with Gasteiger partial charge in [-0.25, -0.2) is 4.79 Å². The van der Waals surface area contributed by atoms with Gasteiger partial charge in [-0.1, -0.05) is 0 Å². The first kappa shape index (κ1) is 9.46. The Morgan fingerprint density at radius 1 is 1.50 bits per heavy atom. The van der Waals surface area contributed by atoms with E-state index in [1.54, 1.807) is 0 Å². The minimum Gasteiger partial charge on any atom is -0.379 e. The third-order valence-electron chi connectivity index (χ3n) is 2.70. The Morgan fingerprint density at radius 3 is 2.86 bits per heavy atom. The van der Waals surface area contributed by atoms with Gasteiger partial charge < -0.3 is 9.64 Å². The molecule has 0 radical (unpaired) electrons. The summed E-state index contributed by atoms with van der Waals surface area (Å²) < 4.78 is 5.27. The average Bonchev–Trinajstić information content (AvgIpc) is 2.61. The highest BCUT2D eigenvalue weighted by atomic mass is 16.5. The Hall–Kier alpha value is -1.09. The molecule has 14 heavy (non-hydrogen) atoms. The van der Waals surface area contributed by atoms with Crippen molar-refractivity contribution in [2.75, 3.05) is 33.4 Å². The van der Waals surface area contributed by atoms with Crippen molar-refractivity contribution in [1.82, 2.24) is 9.80 Å². The Morgan fingerprint density at radius 2 is 2.21 bits per heavy atom. The van der Waals surface area contributed by atoms with Crippen molar-refractivity contribution in [3.05, 3.63) is 18.0 Å². The molecular weight excluding hydrogens is 180 g/mol. The van der Waals surface area contributed by atoms with Crippen molar-refractivity contribution >= 4 is 5.94 Å². The van der Waals surface area contributed by atoms with E-state index in [4.69, 9.17) is 4.74 Å². The van der Waals surface area contributed by atoms with Gasteiger partial charge in [0.1, 0.15) is 11.6 Å². The van der Waals surface area contributed by atoms with E-state index in [9.17, 15) is 4.79 Å². The number of morpholine rings is 1. The molecule has 0 aromatic carbocycles. The fraction of sp³-hybridized carbons (Fsp3) is 0.600. The van der Waals surface area contributed by atoms with E-state index in [1.165, 1.54) is 0 Å². The van der Waals surface area contributed by atoms with Crippen LogP contribution in [-0.4, -0.2) is 55.1 Å². The van der Waals surface area contributed by atoms with Crippen LogP contribution in [0, 0.1) is 0 Å². The maximum Gasteiger partial charge on any atom is 0.148 e. The number of hydrogen-bond acceptors (Lipinski definition) is 4. The monoisotopic (exact) mass is 194 g/mol. The summed E-state index contributed by atoms with van der Waals surface area (Å²) >= 11 is 0. The molecule has 2 aliphatic heterocycles. The van der Waals surface area contributed by atoms with Crippen LogP contribution < -0.4 is 0 Å². The molecule has 0 N–H and O–H groups in total. The first-order chi connectivity index (χ1) is 6.83. The standard InChI is InChI=1S/C10H14N2O2/c1-11-3-2-9(10(11)8-13)12-4-6-14-7-5-12/h2-3,9H,4-7H2,1H3. The minimum atomic E-state index is 0.0985. The van der Waals surface area contributed by atoms with Gasteiger partial charge >= 0.3 is 0 Å². The molecule has 2 heterocycles. The van der Waals surface area contributed by atoms with Gasteiger partial charge in [0.2, 0.25) is 0 Å². The zero-order valence-electron chi connectivity index (χ0n) is 8.27. The van der Waals surface area contributed by atoms with E-state index in [0.717, 1.165) is 26.3 Å². The summed E-state index contributed by atoms with van der Waals surface area (Å²) in [5.74, 6) is 2.01. The molecule has 2 rings (SSSR count). The quantitative estimate of drug-likeness (QED) is 0.544. The molecule has 0 aromatic rings. The van der Waals surface area contributed by atoms with Crippen LogP contribution in [-0.2, 0) is 9.53 Å². The molecule has 1 fully saturated rings. The second-order valence-electron chi connectivity index (χ2n) is 3.53. The highest BCUT2D eigenvalue weighted by molar-refractivity contribution is 5.57. The molecule has 4 heteroatoms. The summed E-state index contributed by atoms with van der Waals surface area (Å²) in [4.78, 5) is 14.8. The Bertz CT molecular complexity index is 288. The van der Waals surface area contributed by atoms with Crippen LogP contribution in [0.1, 0.15) is 0 Å². The third kappa shape index (κ3) is 1.60. The van der Waals surface area contributed by atoms with Gasteiger partial charge in [-0.15, -0.1) is 0 Å². The van der Waals surface area contributed by atoms with Crippen LogP contribution in [0.5, 0.6) is 0 Å². The van der Waals surface area contributed by atoms with Gasteiger partial charge in [0.25, 0.3) is 0 Å². The minimum absolute atomic E-state index is 0.0985. The van der Waals surface area contributed by atoms with Gasteiger partial charge in [0.05, 0.1) is 19.3 Å². The van der Waals surface area contributed by atoms with Crippen LogP contribution in [0.15, 0.2) is 18.0 Å². The summed E-state index contributed by atoms with van der Waals surface area (Å²) in [6.07, 6.45) is 3.95. The SMILES string of the molecule is CN1C=CC(N2CCOCC2)C1=C=O. The molecule has 1 atom stereocenters. The number of carbonyl (C=O) groups excluding carboxylic acids is 1. The van der Waals surface area contributed by atoms with Crippen LogP contribution in [0.2, 0.25) is 0 Å². The predicted octanol–water partition coefficient (Wildman–Crippen LogP) is -0.138. The van der Waals surface area contributed by atoms with E-state index >= 15 is 0 Å². The molecule has 0 aliphatic carbocycles. The maximum absolute atomic E-state index is 10.8. The van der Waals surface area contributed by atoms with E-state index in [0.29, 0.717) is 5.70 Å². The Kier molecular flexibility index (Phi) is 2.68. The lowest BCUT2D eigenvalue weighted by Gasteiger charge is -2.31. The zero-order chi connectivity index (χ0) is 9.97. The van der Waals surface area contributed by atoms with Crippen LogP contribution in [0.4, 0.5) is 0 Å². The van der Waals surface area contributed by atoms with Crippen LogP contribution >= 0.6 is 0 Å². The fourth-order valence-electron chi connectivity index (χ4n) is 1.87. The molecular formula is C10H14N2O2. The molecule has 0 aromatic heterocycles. The Labute approximate surface area is 83.4 Å². The molecule has 1 unspecified atom stereocenters. The zero-order valence-corrected chi connectivity index (χ0v) is 8.27. The molecule has 76 valence electrons. The third-order valence-corrected chi connectivity index (χ3v) is 2.70. The van der Waals surface area contributed by atoms with E-state index < -0.39 is 0 Å². The summed E-state index contributed by atoms with van der Waals surface area (Å²) in [7, 11) is 1.87. The van der Waals surface area contributed by atoms with Crippen molar-refractivity contribution < 1.29 is 9.53 Å². The number of rotatable bonds is 1. The van der Waals surface area contributed by atoms with Gasteiger partial charge in [0, 0.05) is 26.3 Å². The first-order valence-electron chi connectivity index (χ1n) is 4.81. The highest BCUT2D eigenvalue weighted by Crippen LogP contribution is 2.20. The van der Waals surface area contributed by atoms with Gasteiger partial charge in [0.15, 0.2) is 0 Å². The number of hydrogen-bond donors (Lipinski definition) is 0. The molecule has 0 spiro atoms. The van der Waals surface area contributed by atoms with Gasteiger partial charge in [-0.2, -0.15) is 0 Å². The maximum atomic E-state index is 10.8. The lowest BCUT2D eigenvalue weighted by Crippen LogP contribution is -2.43. The van der Waals surface area contributed by atoms with Crippen LogP contribution in [0.25, 0.3) is 0 Å². The van der Waals surface area contributed by atoms with Crippen molar-refractivity contribution in [3.8, 4) is 0 Å².